The van der Waals surface area contributed by atoms with Crippen LogP contribution in [0.4, 0.5) is 5.69 Å². The van der Waals surface area contributed by atoms with Crippen LogP contribution in [0.3, 0.4) is 0 Å². The van der Waals surface area contributed by atoms with Gasteiger partial charge >= 0.3 is 0 Å². The van der Waals surface area contributed by atoms with Crippen molar-refractivity contribution in [3.05, 3.63) is 28.8 Å². The largest absolute Gasteiger partial charge is 0.324 e. The number of nitrogens with one attached hydrogen (secondary N) is 1. The molecule has 3 nitrogen and oxygen atoms in total. The van der Waals surface area contributed by atoms with E-state index in [9.17, 15) is 4.79 Å². The van der Waals surface area contributed by atoms with Gasteiger partial charge in [-0.3, -0.25) is 4.79 Å². The lowest BCUT2D eigenvalue weighted by molar-refractivity contribution is -0.118. The van der Waals surface area contributed by atoms with Gasteiger partial charge in [-0.05, 0) is 36.6 Å². The van der Waals surface area contributed by atoms with Gasteiger partial charge in [-0.15, -0.1) is 0 Å². The number of benzene rings is 1. The van der Waals surface area contributed by atoms with E-state index >= 15 is 0 Å². The number of rotatable bonds is 4. The van der Waals surface area contributed by atoms with E-state index in [1.807, 2.05) is 26.8 Å². The third-order valence-corrected chi connectivity index (χ3v) is 3.24. The second kappa shape index (κ2) is 6.03. The molecule has 3 N–H and O–H groups in total. The molecule has 94 valence electrons. The number of carbonyl (C=O) groups is 1. The number of anilines is 1. The van der Waals surface area contributed by atoms with Crippen LogP contribution in [0.15, 0.2) is 18.2 Å². The molecule has 0 saturated carbocycles. The van der Waals surface area contributed by atoms with Gasteiger partial charge in [-0.2, -0.15) is 0 Å². The van der Waals surface area contributed by atoms with Gasteiger partial charge in [0.2, 0.25) is 5.91 Å². The van der Waals surface area contributed by atoms with E-state index in [0.29, 0.717) is 5.02 Å². The number of aryl methyl sites for hydroxylation is 1. The quantitative estimate of drug-likeness (QED) is 0.868. The molecule has 1 aromatic rings. The van der Waals surface area contributed by atoms with Crippen molar-refractivity contribution in [2.45, 2.75) is 33.2 Å². The summed E-state index contributed by atoms with van der Waals surface area (Å²) in [4.78, 5) is 11.9. The first-order valence-electron chi connectivity index (χ1n) is 5.78. The third kappa shape index (κ3) is 3.72. The summed E-state index contributed by atoms with van der Waals surface area (Å²) in [5.74, 6) is 0.0207. The van der Waals surface area contributed by atoms with Gasteiger partial charge in [-0.1, -0.05) is 31.9 Å². The van der Waals surface area contributed by atoms with Crippen molar-refractivity contribution in [2.75, 3.05) is 5.32 Å². The smallest absolute Gasteiger partial charge is 0.241 e. The maximum Gasteiger partial charge on any atom is 0.241 e. The molecule has 0 aliphatic carbocycles. The minimum Gasteiger partial charge on any atom is -0.324 e. The molecule has 1 aromatic carbocycles. The lowest BCUT2D eigenvalue weighted by atomic mass is 9.99. The molecule has 0 aliphatic heterocycles. The van der Waals surface area contributed by atoms with E-state index in [2.05, 4.69) is 5.32 Å². The van der Waals surface area contributed by atoms with Crippen molar-refractivity contribution >= 4 is 23.2 Å². The molecule has 1 rings (SSSR count). The molecule has 0 aromatic heterocycles. The van der Waals surface area contributed by atoms with Crippen molar-refractivity contribution in [3.8, 4) is 0 Å². The van der Waals surface area contributed by atoms with Gasteiger partial charge in [0.25, 0.3) is 0 Å². The lowest BCUT2D eigenvalue weighted by Gasteiger charge is -2.18. The molecule has 1 unspecified atom stereocenters. The minimum atomic E-state index is -0.477. The number of halogens is 1. The van der Waals surface area contributed by atoms with Crippen LogP contribution in [0.1, 0.15) is 25.8 Å². The predicted octanol–water partition coefficient (Wildman–Crippen LogP) is 2.96. The van der Waals surface area contributed by atoms with E-state index < -0.39 is 6.04 Å². The summed E-state index contributed by atoms with van der Waals surface area (Å²) in [6.45, 7) is 5.89. The molecule has 17 heavy (non-hydrogen) atoms. The van der Waals surface area contributed by atoms with Gasteiger partial charge in [0.15, 0.2) is 0 Å². The third-order valence-electron chi connectivity index (χ3n) is 3.01. The van der Waals surface area contributed by atoms with Crippen LogP contribution in [0, 0.1) is 12.8 Å². The first-order chi connectivity index (χ1) is 7.95. The van der Waals surface area contributed by atoms with E-state index in [0.717, 1.165) is 17.7 Å². The molecular weight excluding hydrogens is 236 g/mol. The molecule has 2 atom stereocenters. The molecule has 0 radical (unpaired) electrons. The van der Waals surface area contributed by atoms with Crippen molar-refractivity contribution in [2.24, 2.45) is 11.7 Å². The van der Waals surface area contributed by atoms with Crippen molar-refractivity contribution in [3.63, 3.8) is 0 Å². The fourth-order valence-corrected chi connectivity index (χ4v) is 1.72. The highest BCUT2D eigenvalue weighted by Crippen LogP contribution is 2.20. The topological polar surface area (TPSA) is 55.1 Å². The number of nitrogens with two attached hydrogens (primary N) is 1. The zero-order chi connectivity index (χ0) is 13.0. The van der Waals surface area contributed by atoms with E-state index in [1.165, 1.54) is 0 Å². The van der Waals surface area contributed by atoms with Crippen LogP contribution in [-0.4, -0.2) is 11.9 Å². The molecule has 0 spiro atoms. The molecule has 0 bridgehead atoms. The molecule has 0 aliphatic rings. The second-order valence-corrected chi connectivity index (χ2v) is 4.80. The first-order valence-corrected chi connectivity index (χ1v) is 6.16. The van der Waals surface area contributed by atoms with E-state index in [4.69, 9.17) is 17.3 Å². The number of hydrogen-bond donors (Lipinski definition) is 2. The highest BCUT2D eigenvalue weighted by molar-refractivity contribution is 6.30. The highest BCUT2D eigenvalue weighted by atomic mass is 35.5. The van der Waals surface area contributed by atoms with Crippen molar-refractivity contribution in [1.82, 2.24) is 0 Å². The zero-order valence-corrected chi connectivity index (χ0v) is 11.2. The average Bonchev–Trinajstić information content (AvgIpc) is 2.30. The Morgan fingerprint density at radius 3 is 2.71 bits per heavy atom. The maximum absolute atomic E-state index is 11.9. The van der Waals surface area contributed by atoms with Crippen LogP contribution in [0.25, 0.3) is 0 Å². The Balaban J connectivity index is 2.74. The van der Waals surface area contributed by atoms with E-state index in [-0.39, 0.29) is 11.8 Å². The van der Waals surface area contributed by atoms with Crippen molar-refractivity contribution in [1.29, 1.82) is 0 Å². The first kappa shape index (κ1) is 14.0. The maximum atomic E-state index is 11.9. The summed E-state index contributed by atoms with van der Waals surface area (Å²) < 4.78 is 0. The summed E-state index contributed by atoms with van der Waals surface area (Å²) in [6.07, 6.45) is 0.883. The SMILES string of the molecule is CCC(C)[C@H](N)C(=O)Nc1ccc(Cl)cc1C. The fraction of sp³-hybridized carbons (Fsp3) is 0.462. The van der Waals surface area contributed by atoms with Crippen LogP contribution < -0.4 is 11.1 Å². The molecule has 4 heteroatoms. The Morgan fingerprint density at radius 1 is 1.53 bits per heavy atom. The Hall–Kier alpha value is -1.06. The van der Waals surface area contributed by atoms with Crippen LogP contribution in [0.2, 0.25) is 5.02 Å². The standard InChI is InChI=1S/C13H19ClN2O/c1-4-8(2)12(15)13(17)16-11-6-5-10(14)7-9(11)3/h5-8,12H,4,15H2,1-3H3,(H,16,17)/t8?,12-/m0/s1. The van der Waals surface area contributed by atoms with Gasteiger partial charge in [0.05, 0.1) is 6.04 Å². The van der Waals surface area contributed by atoms with Crippen LogP contribution in [-0.2, 0) is 4.79 Å². The van der Waals surface area contributed by atoms with Crippen LogP contribution in [0.5, 0.6) is 0 Å². The Morgan fingerprint density at radius 2 is 2.18 bits per heavy atom. The lowest BCUT2D eigenvalue weighted by Crippen LogP contribution is -2.40. The monoisotopic (exact) mass is 254 g/mol. The van der Waals surface area contributed by atoms with Gasteiger partial charge in [-0.25, -0.2) is 0 Å². The Labute approximate surface area is 107 Å². The molecular formula is C13H19ClN2O. The Bertz CT molecular complexity index is 406. The predicted molar refractivity (Wildman–Crippen MR) is 72.2 cm³/mol. The Kier molecular flexibility index (Phi) is 4.97. The average molecular weight is 255 g/mol. The highest BCUT2D eigenvalue weighted by Gasteiger charge is 2.19. The second-order valence-electron chi connectivity index (χ2n) is 4.36. The normalized spacial score (nSPS) is 14.2. The summed E-state index contributed by atoms with van der Waals surface area (Å²) >= 11 is 5.85. The molecule has 0 heterocycles. The summed E-state index contributed by atoms with van der Waals surface area (Å²) in [6, 6.07) is 4.87. The molecule has 1 amide bonds. The van der Waals surface area contributed by atoms with Crippen molar-refractivity contribution < 1.29 is 4.79 Å². The van der Waals surface area contributed by atoms with Gasteiger partial charge in [0.1, 0.15) is 0 Å². The molecule has 0 saturated heterocycles. The zero-order valence-electron chi connectivity index (χ0n) is 10.5. The number of amides is 1. The fourth-order valence-electron chi connectivity index (χ4n) is 1.50. The number of carbonyl (C=O) groups excluding carboxylic acids is 1. The van der Waals surface area contributed by atoms with E-state index in [1.54, 1.807) is 12.1 Å². The summed E-state index contributed by atoms with van der Waals surface area (Å²) in [7, 11) is 0. The summed E-state index contributed by atoms with van der Waals surface area (Å²) in [5.41, 5.74) is 7.56. The molecule has 0 fully saturated rings. The number of hydrogen-bond acceptors (Lipinski definition) is 2. The van der Waals surface area contributed by atoms with Gasteiger partial charge < -0.3 is 11.1 Å². The van der Waals surface area contributed by atoms with Crippen LogP contribution >= 0.6 is 11.6 Å². The summed E-state index contributed by atoms with van der Waals surface area (Å²) in [5, 5.41) is 3.49. The van der Waals surface area contributed by atoms with Gasteiger partial charge in [0, 0.05) is 10.7 Å². The minimum absolute atomic E-state index is 0.148.